The quantitative estimate of drug-likeness (QED) is 0.789. The minimum absolute atomic E-state index is 0.513. The van der Waals surface area contributed by atoms with Gasteiger partial charge in [-0.1, -0.05) is 36.4 Å². The molecule has 0 spiro atoms. The Morgan fingerprint density at radius 2 is 1.92 bits per heavy atom. The minimum Gasteiger partial charge on any atom is -0.496 e. The monoisotopic (exact) mass is 354 g/mol. The highest BCUT2D eigenvalue weighted by atomic mass is 16.5. The third kappa shape index (κ3) is 4.44. The molecule has 4 heteroatoms. The largest absolute Gasteiger partial charge is 0.496 e. The summed E-state index contributed by atoms with van der Waals surface area (Å²) in [6, 6.07) is 17.2. The Bertz CT molecular complexity index is 690. The molecule has 1 heterocycles. The molecule has 2 atom stereocenters. The number of benzene rings is 2. The molecule has 26 heavy (non-hydrogen) atoms. The van der Waals surface area contributed by atoms with E-state index in [-0.39, 0.29) is 0 Å². The average Bonchev–Trinajstić information content (AvgIpc) is 3.10. The van der Waals surface area contributed by atoms with E-state index in [2.05, 4.69) is 53.4 Å². The fraction of sp³-hybridized carbons (Fsp3) is 0.455. The first-order chi connectivity index (χ1) is 12.7. The Morgan fingerprint density at radius 1 is 1.12 bits per heavy atom. The molecule has 1 aliphatic heterocycles. The second-order valence-electron chi connectivity index (χ2n) is 6.99. The van der Waals surface area contributed by atoms with Gasteiger partial charge < -0.3 is 15.2 Å². The molecule has 4 nitrogen and oxygen atoms in total. The topological polar surface area (TPSA) is 47.7 Å². The number of rotatable bonds is 8. The van der Waals surface area contributed by atoms with Gasteiger partial charge in [0.2, 0.25) is 0 Å². The summed E-state index contributed by atoms with van der Waals surface area (Å²) in [5.74, 6) is 1.92. The Labute approximate surface area is 156 Å². The van der Waals surface area contributed by atoms with Crippen LogP contribution >= 0.6 is 0 Å². The number of likely N-dealkylation sites (tertiary alicyclic amines) is 1. The predicted molar refractivity (Wildman–Crippen MR) is 105 cm³/mol. The maximum absolute atomic E-state index is 6.07. The van der Waals surface area contributed by atoms with E-state index in [0.29, 0.717) is 25.0 Å². The Kier molecular flexibility index (Phi) is 6.67. The van der Waals surface area contributed by atoms with E-state index >= 15 is 0 Å². The number of methoxy groups -OCH3 is 1. The second kappa shape index (κ2) is 9.17. The number of ether oxygens (including phenoxy) is 2. The number of nitrogens with zero attached hydrogens (tertiary/aromatic N) is 1. The Balaban J connectivity index is 1.71. The minimum atomic E-state index is 0.513. The van der Waals surface area contributed by atoms with Crippen molar-refractivity contribution in [2.24, 2.45) is 11.7 Å². The molecule has 0 aliphatic carbocycles. The summed E-state index contributed by atoms with van der Waals surface area (Å²) in [6.07, 6.45) is 0. The van der Waals surface area contributed by atoms with Gasteiger partial charge in [-0.25, -0.2) is 0 Å². The molecule has 0 unspecified atom stereocenters. The van der Waals surface area contributed by atoms with E-state index in [9.17, 15) is 0 Å². The zero-order chi connectivity index (χ0) is 18.4. The zero-order valence-corrected chi connectivity index (χ0v) is 15.9. The van der Waals surface area contributed by atoms with E-state index in [1.807, 2.05) is 6.92 Å². The van der Waals surface area contributed by atoms with Crippen LogP contribution in [0.25, 0.3) is 0 Å². The van der Waals surface area contributed by atoms with Gasteiger partial charge in [0.15, 0.2) is 0 Å². The lowest BCUT2D eigenvalue weighted by Gasteiger charge is -2.18. The highest BCUT2D eigenvalue weighted by Gasteiger charge is 2.32. The van der Waals surface area contributed by atoms with Crippen molar-refractivity contribution in [3.05, 3.63) is 65.2 Å². The van der Waals surface area contributed by atoms with E-state index in [1.54, 1.807) is 7.11 Å². The lowest BCUT2D eigenvalue weighted by atomic mass is 9.89. The summed E-state index contributed by atoms with van der Waals surface area (Å²) in [5.41, 5.74) is 9.88. The molecule has 1 saturated heterocycles. The molecular formula is C22H30N2O2. The smallest absolute Gasteiger partial charge is 0.124 e. The molecule has 0 bridgehead atoms. The normalized spacial score (nSPS) is 20.4. The number of nitrogens with two attached hydrogens (primary N) is 1. The molecule has 0 amide bonds. The van der Waals surface area contributed by atoms with E-state index in [0.717, 1.165) is 37.5 Å². The van der Waals surface area contributed by atoms with Crippen molar-refractivity contribution < 1.29 is 9.47 Å². The predicted octanol–water partition coefficient (Wildman–Crippen LogP) is 3.41. The third-order valence-electron chi connectivity index (χ3n) is 5.26. The molecule has 1 fully saturated rings. The molecule has 140 valence electrons. The van der Waals surface area contributed by atoms with Crippen LogP contribution in [0, 0.1) is 5.92 Å². The van der Waals surface area contributed by atoms with Crippen LogP contribution in [0.2, 0.25) is 0 Å². The van der Waals surface area contributed by atoms with E-state index in [4.69, 9.17) is 15.2 Å². The molecular weight excluding hydrogens is 324 g/mol. The van der Waals surface area contributed by atoms with Gasteiger partial charge in [-0.3, -0.25) is 4.90 Å². The van der Waals surface area contributed by atoms with Crippen LogP contribution < -0.4 is 10.5 Å². The first-order valence-electron chi connectivity index (χ1n) is 9.46. The van der Waals surface area contributed by atoms with Crippen LogP contribution in [0.15, 0.2) is 48.5 Å². The van der Waals surface area contributed by atoms with Crippen molar-refractivity contribution in [1.29, 1.82) is 0 Å². The highest BCUT2D eigenvalue weighted by molar-refractivity contribution is 5.37. The summed E-state index contributed by atoms with van der Waals surface area (Å²) >= 11 is 0. The number of hydrogen-bond donors (Lipinski definition) is 1. The van der Waals surface area contributed by atoms with Crippen LogP contribution in [-0.4, -0.2) is 38.3 Å². The fourth-order valence-corrected chi connectivity index (χ4v) is 3.92. The van der Waals surface area contributed by atoms with Crippen LogP contribution in [0.3, 0.4) is 0 Å². The molecule has 0 aromatic heterocycles. The molecule has 0 radical (unpaired) electrons. The molecule has 0 saturated carbocycles. The van der Waals surface area contributed by atoms with Gasteiger partial charge in [-0.05, 0) is 42.6 Å². The van der Waals surface area contributed by atoms with Crippen LogP contribution in [0.1, 0.15) is 29.5 Å². The zero-order valence-electron chi connectivity index (χ0n) is 15.9. The van der Waals surface area contributed by atoms with Crippen LogP contribution in [0.5, 0.6) is 5.75 Å². The van der Waals surface area contributed by atoms with Crippen molar-refractivity contribution in [3.63, 3.8) is 0 Å². The third-order valence-corrected chi connectivity index (χ3v) is 5.26. The van der Waals surface area contributed by atoms with Gasteiger partial charge in [-0.15, -0.1) is 0 Å². The molecule has 2 aromatic carbocycles. The number of hydrogen-bond acceptors (Lipinski definition) is 4. The standard InChI is InChI=1S/C22H30N2O2/c1-3-26-16-19-11-17(9-10-22(19)25-2)13-24-14-20(12-23)21(15-24)18-7-5-4-6-8-18/h4-11,20-21H,3,12-16,23H2,1-2H3/t20-,21+/m1/s1. The van der Waals surface area contributed by atoms with Gasteiger partial charge in [-0.2, -0.15) is 0 Å². The van der Waals surface area contributed by atoms with Crippen molar-refractivity contribution in [2.75, 3.05) is 33.4 Å². The van der Waals surface area contributed by atoms with Gasteiger partial charge in [0.25, 0.3) is 0 Å². The Hall–Kier alpha value is -1.88. The van der Waals surface area contributed by atoms with E-state index < -0.39 is 0 Å². The van der Waals surface area contributed by atoms with Crippen LogP contribution in [-0.2, 0) is 17.9 Å². The molecule has 3 rings (SSSR count). The van der Waals surface area contributed by atoms with Gasteiger partial charge in [0.1, 0.15) is 5.75 Å². The SMILES string of the molecule is CCOCc1cc(CN2C[C@@H](CN)[C@H](c3ccccc3)C2)ccc1OC. The van der Waals surface area contributed by atoms with Crippen molar-refractivity contribution in [2.45, 2.75) is 26.0 Å². The van der Waals surface area contributed by atoms with Crippen LogP contribution in [0.4, 0.5) is 0 Å². The lowest BCUT2D eigenvalue weighted by molar-refractivity contribution is 0.132. The first-order valence-corrected chi connectivity index (χ1v) is 9.46. The summed E-state index contributed by atoms with van der Waals surface area (Å²) < 4.78 is 11.1. The van der Waals surface area contributed by atoms with Gasteiger partial charge in [0.05, 0.1) is 13.7 Å². The van der Waals surface area contributed by atoms with Crippen molar-refractivity contribution in [1.82, 2.24) is 4.90 Å². The summed E-state index contributed by atoms with van der Waals surface area (Å²) in [5, 5.41) is 0. The molecule has 2 N–H and O–H groups in total. The maximum Gasteiger partial charge on any atom is 0.124 e. The molecule has 2 aromatic rings. The average molecular weight is 354 g/mol. The van der Waals surface area contributed by atoms with Gasteiger partial charge in [0, 0.05) is 37.7 Å². The van der Waals surface area contributed by atoms with Crippen molar-refractivity contribution in [3.8, 4) is 5.75 Å². The molecule has 1 aliphatic rings. The van der Waals surface area contributed by atoms with Gasteiger partial charge >= 0.3 is 0 Å². The van der Waals surface area contributed by atoms with Crippen molar-refractivity contribution >= 4 is 0 Å². The maximum atomic E-state index is 6.07. The first kappa shape index (κ1) is 18.9. The van der Waals surface area contributed by atoms with E-state index in [1.165, 1.54) is 11.1 Å². The summed E-state index contributed by atoms with van der Waals surface area (Å²) in [4.78, 5) is 2.52. The highest BCUT2D eigenvalue weighted by Crippen LogP contribution is 2.33. The Morgan fingerprint density at radius 3 is 2.62 bits per heavy atom. The lowest BCUT2D eigenvalue weighted by Crippen LogP contribution is -2.23. The summed E-state index contributed by atoms with van der Waals surface area (Å²) in [6.45, 7) is 7.07. The summed E-state index contributed by atoms with van der Waals surface area (Å²) in [7, 11) is 1.71. The fourth-order valence-electron chi connectivity index (χ4n) is 3.92. The second-order valence-corrected chi connectivity index (χ2v) is 6.99.